The Hall–Kier alpha value is -1.57. The molecule has 1 aromatic rings. The molecule has 0 spiro atoms. The molecule has 2 heteroatoms. The summed E-state index contributed by atoms with van der Waals surface area (Å²) in [6.07, 6.45) is 3.71. The smallest absolute Gasteiger partial charge is 0.0590 e. The summed E-state index contributed by atoms with van der Waals surface area (Å²) in [5.41, 5.74) is 9.17. The first-order valence-electron chi connectivity index (χ1n) is 6.17. The van der Waals surface area contributed by atoms with Gasteiger partial charge in [-0.15, -0.1) is 0 Å². The van der Waals surface area contributed by atoms with E-state index >= 15 is 0 Å². The number of benzene rings is 1. The van der Waals surface area contributed by atoms with Gasteiger partial charge in [0.25, 0.3) is 0 Å². The average Bonchev–Trinajstić information content (AvgIpc) is 2.80. The average molecular weight is 227 g/mol. The van der Waals surface area contributed by atoms with E-state index in [4.69, 9.17) is 0 Å². The maximum absolute atomic E-state index is 3.95. The van der Waals surface area contributed by atoms with Crippen molar-refractivity contribution in [3.63, 3.8) is 0 Å². The zero-order valence-corrected chi connectivity index (χ0v) is 10.9. The van der Waals surface area contributed by atoms with Crippen molar-refractivity contribution >= 4 is 11.8 Å². The fraction of sp³-hybridized carbons (Fsp3) is 0.400. The van der Waals surface area contributed by atoms with E-state index in [1.54, 1.807) is 0 Å². The minimum absolute atomic E-state index is 0.513. The third kappa shape index (κ3) is 2.26. The predicted molar refractivity (Wildman–Crippen MR) is 73.2 cm³/mol. The van der Waals surface area contributed by atoms with Crippen molar-refractivity contribution in [1.82, 2.24) is 5.43 Å². The quantitative estimate of drug-likeness (QED) is 0.749. The van der Waals surface area contributed by atoms with Gasteiger partial charge in [-0.2, -0.15) is 10.5 Å². The zero-order valence-electron chi connectivity index (χ0n) is 10.9. The minimum Gasteiger partial charge on any atom is -0.158 e. The molecular weight excluding hydrogens is 208 g/mol. The maximum atomic E-state index is 3.95. The van der Waals surface area contributed by atoms with Crippen LogP contribution in [0.2, 0.25) is 0 Å². The largest absolute Gasteiger partial charge is 0.158 e. The Balaban J connectivity index is 2.62. The molecule has 1 heterocycles. The molecule has 17 heavy (non-hydrogen) atoms. The second-order valence-corrected chi connectivity index (χ2v) is 5.07. The molecule has 0 aliphatic carbocycles. The van der Waals surface area contributed by atoms with Gasteiger partial charge in [0, 0.05) is 5.57 Å². The van der Waals surface area contributed by atoms with Crippen LogP contribution in [0.4, 0.5) is 0 Å². The highest BCUT2D eigenvalue weighted by Crippen LogP contribution is 2.32. The molecule has 1 radical (unpaired) electrons. The van der Waals surface area contributed by atoms with Gasteiger partial charge in [0.1, 0.15) is 0 Å². The first kappa shape index (κ1) is 11.9. The fourth-order valence-corrected chi connectivity index (χ4v) is 2.24. The Morgan fingerprint density at radius 3 is 1.94 bits per heavy atom. The second kappa shape index (κ2) is 4.74. The predicted octanol–water partition coefficient (Wildman–Crippen LogP) is 3.88. The number of allylic oxidation sites excluding steroid dienone is 1. The van der Waals surface area contributed by atoms with Crippen LogP contribution in [0.25, 0.3) is 5.57 Å². The summed E-state index contributed by atoms with van der Waals surface area (Å²) in [5, 5.41) is 3.95. The van der Waals surface area contributed by atoms with Gasteiger partial charge in [0.2, 0.25) is 0 Å². The Bertz CT molecular complexity index is 442. The molecule has 1 aromatic carbocycles. The number of rotatable bonds is 3. The van der Waals surface area contributed by atoms with E-state index < -0.39 is 0 Å². The molecule has 2 nitrogen and oxygen atoms in total. The third-order valence-corrected chi connectivity index (χ3v) is 3.12. The maximum Gasteiger partial charge on any atom is 0.0590 e. The van der Waals surface area contributed by atoms with Crippen LogP contribution in [-0.2, 0) is 0 Å². The first-order chi connectivity index (χ1) is 8.11. The van der Waals surface area contributed by atoms with E-state index in [0.717, 1.165) is 5.57 Å². The molecule has 0 N–H and O–H groups in total. The highest BCUT2D eigenvalue weighted by atomic mass is 15.3. The van der Waals surface area contributed by atoms with Crippen molar-refractivity contribution in [1.29, 1.82) is 0 Å². The molecule has 0 unspecified atom stereocenters. The summed E-state index contributed by atoms with van der Waals surface area (Å²) >= 11 is 0. The van der Waals surface area contributed by atoms with Gasteiger partial charge in [0.15, 0.2) is 0 Å². The standard InChI is InChI=1S/C15H19N2/c1-10(2)13-6-5-7-14(11(3)4)15(13)12-8-16-17-9-12/h5-11H,1-4H3. The molecule has 0 aromatic heterocycles. The Morgan fingerprint density at radius 2 is 1.53 bits per heavy atom. The van der Waals surface area contributed by atoms with Gasteiger partial charge in [0.05, 0.1) is 12.4 Å². The summed E-state index contributed by atoms with van der Waals surface area (Å²) in [6, 6.07) is 6.57. The van der Waals surface area contributed by atoms with Crippen molar-refractivity contribution in [3.05, 3.63) is 41.1 Å². The van der Waals surface area contributed by atoms with Crippen molar-refractivity contribution in [2.24, 2.45) is 5.10 Å². The highest BCUT2D eigenvalue weighted by Gasteiger charge is 2.17. The van der Waals surface area contributed by atoms with Gasteiger partial charge < -0.3 is 0 Å². The van der Waals surface area contributed by atoms with Crippen LogP contribution >= 0.6 is 0 Å². The summed E-state index contributed by atoms with van der Waals surface area (Å²) in [7, 11) is 0. The number of nitrogens with zero attached hydrogens (tertiary/aromatic N) is 2. The number of hydrogen-bond acceptors (Lipinski definition) is 1. The van der Waals surface area contributed by atoms with Gasteiger partial charge in [-0.1, -0.05) is 45.9 Å². The molecule has 0 saturated carbocycles. The summed E-state index contributed by atoms with van der Waals surface area (Å²) in [5.74, 6) is 1.03. The first-order valence-corrected chi connectivity index (χ1v) is 6.17. The molecule has 1 aliphatic heterocycles. The summed E-state index contributed by atoms with van der Waals surface area (Å²) < 4.78 is 0. The van der Waals surface area contributed by atoms with Gasteiger partial charge in [-0.3, -0.25) is 0 Å². The Labute approximate surface area is 103 Å². The Kier molecular flexibility index (Phi) is 3.32. The van der Waals surface area contributed by atoms with Crippen LogP contribution in [0.3, 0.4) is 0 Å². The van der Waals surface area contributed by atoms with E-state index in [-0.39, 0.29) is 0 Å². The van der Waals surface area contributed by atoms with E-state index in [9.17, 15) is 0 Å². The van der Waals surface area contributed by atoms with Gasteiger partial charge in [-0.25, -0.2) is 0 Å². The lowest BCUT2D eigenvalue weighted by molar-refractivity contribution is 0.828. The van der Waals surface area contributed by atoms with Crippen LogP contribution in [0.15, 0.2) is 29.5 Å². The Morgan fingerprint density at radius 1 is 0.941 bits per heavy atom. The topological polar surface area (TPSA) is 26.5 Å². The fourth-order valence-electron chi connectivity index (χ4n) is 2.24. The third-order valence-electron chi connectivity index (χ3n) is 3.12. The molecule has 0 bridgehead atoms. The van der Waals surface area contributed by atoms with E-state index in [1.165, 1.54) is 16.7 Å². The van der Waals surface area contributed by atoms with Crippen molar-refractivity contribution in [2.45, 2.75) is 39.5 Å². The molecule has 0 fully saturated rings. The van der Waals surface area contributed by atoms with Crippen LogP contribution < -0.4 is 5.43 Å². The zero-order chi connectivity index (χ0) is 12.4. The molecule has 89 valence electrons. The van der Waals surface area contributed by atoms with Crippen molar-refractivity contribution in [3.8, 4) is 0 Å². The van der Waals surface area contributed by atoms with Crippen molar-refractivity contribution in [2.75, 3.05) is 0 Å². The van der Waals surface area contributed by atoms with Crippen LogP contribution in [0.5, 0.6) is 0 Å². The van der Waals surface area contributed by atoms with E-state index in [0.29, 0.717) is 11.8 Å². The van der Waals surface area contributed by atoms with Gasteiger partial charge in [-0.05, 0) is 28.5 Å². The normalized spacial score (nSPS) is 14.4. The molecule has 0 saturated heterocycles. The molecule has 2 rings (SSSR count). The summed E-state index contributed by atoms with van der Waals surface area (Å²) in [4.78, 5) is 0. The van der Waals surface area contributed by atoms with E-state index in [2.05, 4.69) is 56.4 Å². The lowest BCUT2D eigenvalue weighted by Gasteiger charge is -2.19. The minimum atomic E-state index is 0.513. The van der Waals surface area contributed by atoms with Crippen molar-refractivity contribution < 1.29 is 0 Å². The summed E-state index contributed by atoms with van der Waals surface area (Å²) in [6.45, 7) is 8.92. The number of hydrogen-bond donors (Lipinski definition) is 0. The molecule has 0 atom stereocenters. The highest BCUT2D eigenvalue weighted by molar-refractivity contribution is 6.12. The van der Waals surface area contributed by atoms with Crippen LogP contribution in [0, 0.1) is 0 Å². The van der Waals surface area contributed by atoms with Crippen LogP contribution in [-0.4, -0.2) is 6.21 Å². The molecule has 1 aliphatic rings. The lowest BCUT2D eigenvalue weighted by atomic mass is 9.85. The monoisotopic (exact) mass is 227 g/mol. The SMILES string of the molecule is CC(C)c1cccc(C(C)C)c1C1=C[N]N=C1. The molecular formula is C15H19N2. The van der Waals surface area contributed by atoms with Gasteiger partial charge >= 0.3 is 0 Å². The molecule has 0 amide bonds. The second-order valence-electron chi connectivity index (χ2n) is 5.07. The van der Waals surface area contributed by atoms with Crippen LogP contribution in [0.1, 0.15) is 56.2 Å². The lowest BCUT2D eigenvalue weighted by Crippen LogP contribution is -2.03. The van der Waals surface area contributed by atoms with E-state index in [1.807, 2.05) is 12.4 Å².